The van der Waals surface area contributed by atoms with Crippen LogP contribution in [0, 0.1) is 11.8 Å². The number of hydrogen-bond acceptors (Lipinski definition) is 4. The second kappa shape index (κ2) is 6.88. The number of likely N-dealkylation sites (tertiary alicyclic amines) is 1. The smallest absolute Gasteiger partial charge is 0.251 e. The Hall–Kier alpha value is -2.14. The molecule has 4 heterocycles. The third-order valence-electron chi connectivity index (χ3n) is 5.52. The molecule has 1 fully saturated rings. The molecule has 26 heavy (non-hydrogen) atoms. The van der Waals surface area contributed by atoms with Crippen LogP contribution in [0.15, 0.2) is 35.3 Å². The summed E-state index contributed by atoms with van der Waals surface area (Å²) >= 11 is 0. The van der Waals surface area contributed by atoms with Crippen molar-refractivity contribution in [3.8, 4) is 17.0 Å². The standard InChI is InChI=1S/C21H27N3O2/c1-14(2)10-23-11-15-6-17(13-23)20-7-16(8-21(25)24(20)12-15)19-5-4-18(26-3)9-22-19/h4-5,7-9,14-15,17H,6,10-13H2,1-3H3/t15-,17+/m0/s1. The van der Waals surface area contributed by atoms with E-state index < -0.39 is 0 Å². The van der Waals surface area contributed by atoms with Crippen molar-refractivity contribution in [1.82, 2.24) is 14.5 Å². The molecule has 2 aromatic rings. The lowest BCUT2D eigenvalue weighted by Gasteiger charge is -2.43. The van der Waals surface area contributed by atoms with E-state index >= 15 is 0 Å². The topological polar surface area (TPSA) is 47.4 Å². The fourth-order valence-corrected chi connectivity index (χ4v) is 4.54. The average Bonchev–Trinajstić information content (AvgIpc) is 2.62. The third kappa shape index (κ3) is 3.28. The van der Waals surface area contributed by atoms with Gasteiger partial charge in [0.05, 0.1) is 19.0 Å². The molecule has 0 aromatic carbocycles. The van der Waals surface area contributed by atoms with Crippen LogP contribution < -0.4 is 10.3 Å². The Morgan fingerprint density at radius 3 is 2.77 bits per heavy atom. The van der Waals surface area contributed by atoms with Crippen molar-refractivity contribution in [1.29, 1.82) is 0 Å². The Labute approximate surface area is 154 Å². The van der Waals surface area contributed by atoms with E-state index in [4.69, 9.17) is 4.74 Å². The SMILES string of the molecule is COc1ccc(-c2cc3n(c(=O)c2)C[C@H]2C[C@@H]3CN(CC(C)C)C2)nc1. The molecule has 2 atom stereocenters. The summed E-state index contributed by atoms with van der Waals surface area (Å²) in [6, 6.07) is 7.71. The zero-order valence-corrected chi connectivity index (χ0v) is 15.8. The van der Waals surface area contributed by atoms with Crippen molar-refractivity contribution in [2.45, 2.75) is 32.7 Å². The van der Waals surface area contributed by atoms with Gasteiger partial charge in [-0.05, 0) is 36.5 Å². The van der Waals surface area contributed by atoms with Crippen molar-refractivity contribution >= 4 is 0 Å². The molecule has 0 unspecified atom stereocenters. The molecule has 2 aromatic heterocycles. The molecule has 0 amide bonds. The summed E-state index contributed by atoms with van der Waals surface area (Å²) in [4.78, 5) is 19.8. The van der Waals surface area contributed by atoms with Crippen molar-refractivity contribution in [3.63, 3.8) is 0 Å². The van der Waals surface area contributed by atoms with Gasteiger partial charge in [-0.2, -0.15) is 0 Å². The Morgan fingerprint density at radius 1 is 1.23 bits per heavy atom. The van der Waals surface area contributed by atoms with Crippen molar-refractivity contribution in [2.75, 3.05) is 26.7 Å². The highest BCUT2D eigenvalue weighted by molar-refractivity contribution is 5.60. The first kappa shape index (κ1) is 17.3. The van der Waals surface area contributed by atoms with Gasteiger partial charge >= 0.3 is 0 Å². The number of aromatic nitrogens is 2. The summed E-state index contributed by atoms with van der Waals surface area (Å²) < 4.78 is 7.18. The molecule has 2 aliphatic rings. The summed E-state index contributed by atoms with van der Waals surface area (Å²) in [5.41, 5.74) is 3.00. The van der Waals surface area contributed by atoms with E-state index in [1.54, 1.807) is 19.4 Å². The van der Waals surface area contributed by atoms with E-state index in [1.807, 2.05) is 16.7 Å². The summed E-state index contributed by atoms with van der Waals surface area (Å²) in [5.74, 6) is 2.42. The molecule has 4 rings (SSSR count). The van der Waals surface area contributed by atoms with Crippen LogP contribution in [0.5, 0.6) is 5.75 Å². The number of methoxy groups -OCH3 is 1. The third-order valence-corrected chi connectivity index (χ3v) is 5.52. The monoisotopic (exact) mass is 353 g/mol. The van der Waals surface area contributed by atoms with Gasteiger partial charge in [0.2, 0.25) is 0 Å². The Morgan fingerprint density at radius 2 is 2.08 bits per heavy atom. The Balaban J connectivity index is 1.68. The van der Waals surface area contributed by atoms with E-state index in [-0.39, 0.29) is 5.56 Å². The van der Waals surface area contributed by atoms with Crippen LogP contribution in [0.4, 0.5) is 0 Å². The molecule has 0 radical (unpaired) electrons. The average molecular weight is 353 g/mol. The highest BCUT2D eigenvalue weighted by Crippen LogP contribution is 2.36. The molecule has 0 aliphatic carbocycles. The van der Waals surface area contributed by atoms with Crippen LogP contribution in [0.2, 0.25) is 0 Å². The van der Waals surface area contributed by atoms with Gasteiger partial charge in [-0.25, -0.2) is 0 Å². The van der Waals surface area contributed by atoms with Gasteiger partial charge in [-0.3, -0.25) is 9.78 Å². The first-order chi connectivity index (χ1) is 12.5. The molecule has 0 spiro atoms. The number of pyridine rings is 2. The first-order valence-corrected chi connectivity index (χ1v) is 9.51. The highest BCUT2D eigenvalue weighted by atomic mass is 16.5. The molecular formula is C21H27N3O2. The minimum absolute atomic E-state index is 0.0992. The number of rotatable bonds is 4. The van der Waals surface area contributed by atoms with Crippen molar-refractivity contribution in [3.05, 3.63) is 46.5 Å². The fraction of sp³-hybridized carbons (Fsp3) is 0.524. The van der Waals surface area contributed by atoms with Gasteiger partial charge in [0.25, 0.3) is 5.56 Å². The van der Waals surface area contributed by atoms with Crippen LogP contribution in [0.1, 0.15) is 31.9 Å². The van der Waals surface area contributed by atoms with E-state index in [0.717, 1.165) is 43.2 Å². The van der Waals surface area contributed by atoms with Crippen molar-refractivity contribution < 1.29 is 4.74 Å². The second-order valence-corrected chi connectivity index (χ2v) is 8.11. The van der Waals surface area contributed by atoms with Crippen LogP contribution in [0.25, 0.3) is 11.3 Å². The summed E-state index contributed by atoms with van der Waals surface area (Å²) in [5, 5.41) is 0. The number of fused-ring (bicyclic) bond motifs is 4. The number of ether oxygens (including phenoxy) is 1. The Bertz CT molecular complexity index is 841. The lowest BCUT2D eigenvalue weighted by atomic mass is 9.82. The molecule has 2 aliphatic heterocycles. The molecule has 0 N–H and O–H groups in total. The minimum atomic E-state index is 0.0992. The van der Waals surface area contributed by atoms with Crippen molar-refractivity contribution in [2.24, 2.45) is 11.8 Å². The van der Waals surface area contributed by atoms with Gasteiger partial charge in [-0.15, -0.1) is 0 Å². The van der Waals surface area contributed by atoms with E-state index in [2.05, 4.69) is 29.8 Å². The Kier molecular flexibility index (Phi) is 4.57. The fourth-order valence-electron chi connectivity index (χ4n) is 4.54. The van der Waals surface area contributed by atoms with E-state index in [1.165, 1.54) is 12.1 Å². The largest absolute Gasteiger partial charge is 0.495 e. The van der Waals surface area contributed by atoms with Gasteiger partial charge in [0.1, 0.15) is 5.75 Å². The second-order valence-electron chi connectivity index (χ2n) is 8.11. The number of piperidine rings is 1. The highest BCUT2D eigenvalue weighted by Gasteiger charge is 2.34. The van der Waals surface area contributed by atoms with Crippen LogP contribution >= 0.6 is 0 Å². The molecule has 138 valence electrons. The van der Waals surface area contributed by atoms with E-state index in [9.17, 15) is 4.79 Å². The zero-order valence-electron chi connectivity index (χ0n) is 15.8. The van der Waals surface area contributed by atoms with Crippen LogP contribution in [-0.2, 0) is 6.54 Å². The van der Waals surface area contributed by atoms with Gasteiger partial charge in [0, 0.05) is 49.4 Å². The van der Waals surface area contributed by atoms with Gasteiger partial charge < -0.3 is 14.2 Å². The van der Waals surface area contributed by atoms with Gasteiger partial charge in [0.15, 0.2) is 0 Å². The summed E-state index contributed by atoms with van der Waals surface area (Å²) in [6.07, 6.45) is 2.89. The maximum absolute atomic E-state index is 12.8. The number of hydrogen-bond donors (Lipinski definition) is 0. The van der Waals surface area contributed by atoms with Crippen LogP contribution in [0.3, 0.4) is 0 Å². The number of nitrogens with zero attached hydrogens (tertiary/aromatic N) is 3. The van der Waals surface area contributed by atoms with Crippen LogP contribution in [-0.4, -0.2) is 41.2 Å². The maximum atomic E-state index is 12.8. The normalized spacial score (nSPS) is 22.3. The molecule has 1 saturated heterocycles. The lowest BCUT2D eigenvalue weighted by Crippen LogP contribution is -2.48. The lowest BCUT2D eigenvalue weighted by molar-refractivity contribution is 0.109. The molecule has 5 nitrogen and oxygen atoms in total. The zero-order chi connectivity index (χ0) is 18.3. The molecule has 5 heteroatoms. The predicted molar refractivity (Wildman–Crippen MR) is 103 cm³/mol. The van der Waals surface area contributed by atoms with Gasteiger partial charge in [-0.1, -0.05) is 13.8 Å². The maximum Gasteiger partial charge on any atom is 0.251 e. The van der Waals surface area contributed by atoms with E-state index in [0.29, 0.717) is 17.8 Å². The quantitative estimate of drug-likeness (QED) is 0.848. The molecule has 2 bridgehead atoms. The first-order valence-electron chi connectivity index (χ1n) is 9.51. The predicted octanol–water partition coefficient (Wildman–Crippen LogP) is 2.99. The summed E-state index contributed by atoms with van der Waals surface area (Å²) in [6.45, 7) is 8.69. The summed E-state index contributed by atoms with van der Waals surface area (Å²) in [7, 11) is 1.63. The molecular weight excluding hydrogens is 326 g/mol. The minimum Gasteiger partial charge on any atom is -0.495 e. The molecule has 0 saturated carbocycles.